The fourth-order valence-corrected chi connectivity index (χ4v) is 1.79. The Balaban J connectivity index is 2.39. The number of aromatic nitrogens is 1. The lowest BCUT2D eigenvalue weighted by atomic mass is 9.96. The van der Waals surface area contributed by atoms with E-state index in [0.717, 1.165) is 22.4 Å². The van der Waals surface area contributed by atoms with Gasteiger partial charge in [0.25, 0.3) is 0 Å². The van der Waals surface area contributed by atoms with Crippen molar-refractivity contribution in [3.05, 3.63) is 64.7 Å². The molecular weight excluding hydrogens is 215 g/mol. The molecule has 0 saturated heterocycles. The first-order valence-corrected chi connectivity index (χ1v) is 5.52. The number of hydrogen-bond donors (Lipinski definition) is 1. The Morgan fingerprint density at radius 3 is 2.59 bits per heavy atom. The first kappa shape index (κ1) is 11.7. The van der Waals surface area contributed by atoms with E-state index in [4.69, 9.17) is 5.73 Å². The second-order valence-corrected chi connectivity index (χ2v) is 4.21. The number of rotatable bonds is 2. The fourth-order valence-electron chi connectivity index (χ4n) is 1.79. The molecule has 3 heteroatoms. The molecule has 1 aromatic carbocycles. The van der Waals surface area contributed by atoms with Crippen LogP contribution >= 0.6 is 0 Å². The minimum absolute atomic E-state index is 0.263. The highest BCUT2D eigenvalue weighted by molar-refractivity contribution is 5.36. The minimum Gasteiger partial charge on any atom is -0.320 e. The summed E-state index contributed by atoms with van der Waals surface area (Å²) in [5, 5.41) is 0. The van der Waals surface area contributed by atoms with E-state index in [0.29, 0.717) is 0 Å². The molecule has 0 aliphatic carbocycles. The van der Waals surface area contributed by atoms with Crippen molar-refractivity contribution >= 4 is 0 Å². The standard InChI is InChI=1S/C14H15FN2/c1-9-3-6-12(15)7-13(9)14(16)11-5-4-10(2)17-8-11/h3-8,14H,16H2,1-2H3. The topological polar surface area (TPSA) is 38.9 Å². The molecule has 1 unspecified atom stereocenters. The van der Waals surface area contributed by atoms with Gasteiger partial charge in [0.2, 0.25) is 0 Å². The van der Waals surface area contributed by atoms with Crippen molar-refractivity contribution in [2.45, 2.75) is 19.9 Å². The third-order valence-electron chi connectivity index (χ3n) is 2.87. The summed E-state index contributed by atoms with van der Waals surface area (Å²) in [6, 6.07) is 8.17. The van der Waals surface area contributed by atoms with Crippen LogP contribution in [0.15, 0.2) is 36.5 Å². The number of halogens is 1. The fraction of sp³-hybridized carbons (Fsp3) is 0.214. The van der Waals surface area contributed by atoms with E-state index < -0.39 is 0 Å². The van der Waals surface area contributed by atoms with Crippen molar-refractivity contribution in [3.8, 4) is 0 Å². The molecule has 17 heavy (non-hydrogen) atoms. The molecule has 2 aromatic rings. The molecule has 0 aliphatic rings. The summed E-state index contributed by atoms with van der Waals surface area (Å²) in [6.07, 6.45) is 1.74. The molecular formula is C14H15FN2. The second-order valence-electron chi connectivity index (χ2n) is 4.21. The van der Waals surface area contributed by atoms with E-state index in [2.05, 4.69) is 4.98 Å². The van der Waals surface area contributed by atoms with E-state index in [1.807, 2.05) is 26.0 Å². The number of aryl methyl sites for hydroxylation is 2. The zero-order valence-electron chi connectivity index (χ0n) is 9.94. The number of benzene rings is 1. The molecule has 0 amide bonds. The van der Waals surface area contributed by atoms with Crippen LogP contribution in [0.3, 0.4) is 0 Å². The maximum absolute atomic E-state index is 13.2. The summed E-state index contributed by atoms with van der Waals surface area (Å²) >= 11 is 0. The van der Waals surface area contributed by atoms with Crippen molar-refractivity contribution < 1.29 is 4.39 Å². The molecule has 2 N–H and O–H groups in total. The average Bonchev–Trinajstić information content (AvgIpc) is 2.32. The molecule has 0 spiro atoms. The van der Waals surface area contributed by atoms with Crippen LogP contribution in [-0.4, -0.2) is 4.98 Å². The van der Waals surface area contributed by atoms with Crippen molar-refractivity contribution in [2.75, 3.05) is 0 Å². The van der Waals surface area contributed by atoms with Gasteiger partial charge in [0, 0.05) is 11.9 Å². The van der Waals surface area contributed by atoms with Gasteiger partial charge in [-0.1, -0.05) is 12.1 Å². The molecule has 1 heterocycles. The molecule has 2 rings (SSSR count). The van der Waals surface area contributed by atoms with Crippen LogP contribution in [0.25, 0.3) is 0 Å². The zero-order chi connectivity index (χ0) is 12.4. The highest BCUT2D eigenvalue weighted by atomic mass is 19.1. The van der Waals surface area contributed by atoms with E-state index in [9.17, 15) is 4.39 Å². The SMILES string of the molecule is Cc1ccc(C(N)c2cc(F)ccc2C)cn1. The lowest BCUT2D eigenvalue weighted by Gasteiger charge is -2.15. The van der Waals surface area contributed by atoms with Gasteiger partial charge >= 0.3 is 0 Å². The summed E-state index contributed by atoms with van der Waals surface area (Å²) in [4.78, 5) is 4.20. The Kier molecular flexibility index (Phi) is 3.20. The van der Waals surface area contributed by atoms with Crippen LogP contribution in [0.2, 0.25) is 0 Å². The maximum Gasteiger partial charge on any atom is 0.123 e. The Hall–Kier alpha value is -1.74. The van der Waals surface area contributed by atoms with Crippen molar-refractivity contribution in [1.29, 1.82) is 0 Å². The van der Waals surface area contributed by atoms with Gasteiger partial charge in [-0.25, -0.2) is 4.39 Å². The van der Waals surface area contributed by atoms with Crippen LogP contribution in [0.1, 0.15) is 28.4 Å². The average molecular weight is 230 g/mol. The van der Waals surface area contributed by atoms with Gasteiger partial charge < -0.3 is 5.73 Å². The second kappa shape index (κ2) is 4.63. The molecule has 2 nitrogen and oxygen atoms in total. The summed E-state index contributed by atoms with van der Waals surface area (Å²) in [7, 11) is 0. The molecule has 1 atom stereocenters. The van der Waals surface area contributed by atoms with Crippen LogP contribution in [-0.2, 0) is 0 Å². The Labute approximate surface area is 100 Å². The Morgan fingerprint density at radius 1 is 1.18 bits per heavy atom. The summed E-state index contributed by atoms with van der Waals surface area (Å²) in [6.45, 7) is 3.85. The van der Waals surface area contributed by atoms with E-state index in [1.54, 1.807) is 12.3 Å². The largest absolute Gasteiger partial charge is 0.320 e. The monoisotopic (exact) mass is 230 g/mol. The number of nitrogens with two attached hydrogens (primary N) is 1. The summed E-state index contributed by atoms with van der Waals surface area (Å²) in [5.74, 6) is -0.263. The Morgan fingerprint density at radius 2 is 1.94 bits per heavy atom. The molecule has 0 fully saturated rings. The predicted molar refractivity (Wildman–Crippen MR) is 66.1 cm³/mol. The number of hydrogen-bond acceptors (Lipinski definition) is 2. The van der Waals surface area contributed by atoms with Gasteiger partial charge in [0.05, 0.1) is 6.04 Å². The predicted octanol–water partition coefficient (Wildman–Crippen LogP) is 2.89. The first-order valence-electron chi connectivity index (χ1n) is 5.52. The molecule has 0 radical (unpaired) electrons. The van der Waals surface area contributed by atoms with Gasteiger partial charge in [0.1, 0.15) is 5.82 Å². The van der Waals surface area contributed by atoms with Crippen LogP contribution in [0.4, 0.5) is 4.39 Å². The van der Waals surface area contributed by atoms with Crippen LogP contribution in [0.5, 0.6) is 0 Å². The quantitative estimate of drug-likeness (QED) is 0.861. The molecule has 1 aromatic heterocycles. The highest BCUT2D eigenvalue weighted by Crippen LogP contribution is 2.23. The van der Waals surface area contributed by atoms with E-state index in [1.165, 1.54) is 12.1 Å². The van der Waals surface area contributed by atoms with E-state index >= 15 is 0 Å². The third-order valence-corrected chi connectivity index (χ3v) is 2.87. The maximum atomic E-state index is 13.2. The lowest BCUT2D eigenvalue weighted by molar-refractivity contribution is 0.622. The van der Waals surface area contributed by atoms with Crippen molar-refractivity contribution in [2.24, 2.45) is 5.73 Å². The lowest BCUT2D eigenvalue weighted by Crippen LogP contribution is -2.14. The van der Waals surface area contributed by atoms with Gasteiger partial charge in [-0.15, -0.1) is 0 Å². The van der Waals surface area contributed by atoms with Crippen molar-refractivity contribution in [1.82, 2.24) is 4.98 Å². The van der Waals surface area contributed by atoms with Crippen LogP contribution < -0.4 is 5.73 Å². The minimum atomic E-state index is -0.334. The zero-order valence-corrected chi connectivity index (χ0v) is 9.94. The third kappa shape index (κ3) is 2.50. The molecule has 0 bridgehead atoms. The molecule has 0 aliphatic heterocycles. The molecule has 88 valence electrons. The highest BCUT2D eigenvalue weighted by Gasteiger charge is 2.12. The Bertz CT molecular complexity index is 520. The smallest absolute Gasteiger partial charge is 0.123 e. The summed E-state index contributed by atoms with van der Waals surface area (Å²) < 4.78 is 13.2. The number of nitrogens with zero attached hydrogens (tertiary/aromatic N) is 1. The van der Waals surface area contributed by atoms with Gasteiger partial charge in [-0.05, 0) is 48.7 Å². The van der Waals surface area contributed by atoms with Gasteiger partial charge in [0.15, 0.2) is 0 Å². The van der Waals surface area contributed by atoms with E-state index in [-0.39, 0.29) is 11.9 Å². The molecule has 0 saturated carbocycles. The normalized spacial score (nSPS) is 12.5. The first-order chi connectivity index (χ1) is 8.08. The number of pyridine rings is 1. The van der Waals surface area contributed by atoms with Crippen LogP contribution in [0, 0.1) is 19.7 Å². The summed E-state index contributed by atoms with van der Waals surface area (Å²) in [5.41, 5.74) is 9.75. The van der Waals surface area contributed by atoms with Crippen molar-refractivity contribution in [3.63, 3.8) is 0 Å². The van der Waals surface area contributed by atoms with Gasteiger partial charge in [-0.3, -0.25) is 4.98 Å². The van der Waals surface area contributed by atoms with Gasteiger partial charge in [-0.2, -0.15) is 0 Å².